The Kier molecular flexibility index (Phi) is 5.15. The Morgan fingerprint density at radius 2 is 1.81 bits per heavy atom. The number of benzene rings is 1. The zero-order chi connectivity index (χ0) is 22.5. The number of amides is 3. The van der Waals surface area contributed by atoms with Gasteiger partial charge in [0.05, 0.1) is 12.8 Å². The molecular weight excluding hydrogens is 437 g/mol. The van der Waals surface area contributed by atoms with Gasteiger partial charge in [0.1, 0.15) is 26.2 Å². The third kappa shape index (κ3) is 3.44. The van der Waals surface area contributed by atoms with Crippen LogP contribution in [0.4, 0.5) is 14.9 Å². The lowest BCUT2D eigenvalue weighted by Crippen LogP contribution is -2.25. The molecule has 2 heterocycles. The van der Waals surface area contributed by atoms with Gasteiger partial charge >= 0.3 is 6.03 Å². The summed E-state index contributed by atoms with van der Waals surface area (Å²) in [6, 6.07) is -0.859. The van der Waals surface area contributed by atoms with Crippen molar-refractivity contribution in [2.45, 2.75) is 56.4 Å². The van der Waals surface area contributed by atoms with Crippen molar-refractivity contribution in [3.63, 3.8) is 0 Å². The molecule has 0 fully saturated rings. The number of carbonyl (C=O) groups is 2. The predicted molar refractivity (Wildman–Crippen MR) is 115 cm³/mol. The van der Waals surface area contributed by atoms with E-state index >= 15 is 0 Å². The summed E-state index contributed by atoms with van der Waals surface area (Å²) in [5, 5.41) is 6.92. The first kappa shape index (κ1) is 20.9. The van der Waals surface area contributed by atoms with Gasteiger partial charge in [-0.25, -0.2) is 18.1 Å². The Balaban J connectivity index is 1.56. The molecule has 0 radical (unpaired) electrons. The molecule has 0 saturated carbocycles. The number of urea groups is 1. The van der Waals surface area contributed by atoms with E-state index in [-0.39, 0.29) is 16.6 Å². The summed E-state index contributed by atoms with van der Waals surface area (Å²) in [5.74, 6) is -1.41. The number of nitrogens with zero attached hydrogens (tertiary/aromatic N) is 3. The van der Waals surface area contributed by atoms with E-state index in [0.717, 1.165) is 30.4 Å². The van der Waals surface area contributed by atoms with Crippen molar-refractivity contribution in [3.05, 3.63) is 34.3 Å². The smallest absolute Gasteiger partial charge is 0.353 e. The summed E-state index contributed by atoms with van der Waals surface area (Å²) in [6.07, 6.45) is 6.27. The zero-order valence-corrected chi connectivity index (χ0v) is 18.3. The van der Waals surface area contributed by atoms with Gasteiger partial charge in [0, 0.05) is 18.7 Å². The fourth-order valence-corrected chi connectivity index (χ4v) is 6.58. The number of aromatic nitrogens is 2. The largest absolute Gasteiger partial charge is 0.477 e. The van der Waals surface area contributed by atoms with Gasteiger partial charge in [0.25, 0.3) is 0 Å². The molecule has 5 rings (SSSR count). The normalized spacial score (nSPS) is 18.2. The maximum atomic E-state index is 14.9. The molecule has 170 valence electrons. The highest BCUT2D eigenvalue weighted by molar-refractivity contribution is 7.94. The second kappa shape index (κ2) is 7.88. The van der Waals surface area contributed by atoms with E-state index < -0.39 is 27.4 Å². The number of fused-ring (bicyclic) bond motifs is 3. The molecule has 0 bridgehead atoms. The Labute approximate surface area is 184 Å². The second-order valence-corrected chi connectivity index (χ2v) is 10.5. The molecule has 1 unspecified atom stereocenters. The third-order valence-corrected chi connectivity index (χ3v) is 8.33. The molecule has 3 N–H and O–H groups in total. The van der Waals surface area contributed by atoms with Crippen LogP contribution in [0.2, 0.25) is 0 Å². The average molecular weight is 462 g/mol. The van der Waals surface area contributed by atoms with Crippen molar-refractivity contribution < 1.29 is 22.9 Å². The monoisotopic (exact) mass is 461 g/mol. The van der Waals surface area contributed by atoms with Crippen LogP contribution in [0.5, 0.6) is 5.88 Å². The van der Waals surface area contributed by atoms with Crippen LogP contribution in [0.1, 0.15) is 41.5 Å². The summed E-state index contributed by atoms with van der Waals surface area (Å²) < 4.78 is 39.7. The molecule has 11 heteroatoms. The number of anilines is 1. The van der Waals surface area contributed by atoms with Gasteiger partial charge < -0.3 is 15.8 Å². The van der Waals surface area contributed by atoms with Crippen molar-refractivity contribution in [1.82, 2.24) is 9.78 Å². The number of ether oxygens (including phenoxy) is 1. The Morgan fingerprint density at radius 1 is 1.16 bits per heavy atom. The summed E-state index contributed by atoms with van der Waals surface area (Å²) in [6.45, 7) is 0.978. The van der Waals surface area contributed by atoms with Crippen LogP contribution < -0.4 is 15.8 Å². The number of carbonyl (C=O) groups excluding carboxylic acids is 2. The first-order valence-electron chi connectivity index (χ1n) is 10.7. The molecule has 2 aromatic rings. The molecule has 1 aromatic heterocycles. The van der Waals surface area contributed by atoms with Gasteiger partial charge in [-0.05, 0) is 60.8 Å². The lowest BCUT2D eigenvalue weighted by atomic mass is 9.98. The SMILES string of the molecule is NC(=O)CS(=O)(=NC(=O)Nc1c2c(c(F)c3c1CCC3)CCC2)c1cnn2c1OCCC2. The standard InChI is InChI=1S/C21H24FN5O4S/c22-18-12-4-1-6-14(12)19(15-7-2-5-13(15)18)25-21(29)26-32(30,11-17(23)28)16-10-24-27-8-3-9-31-20(16)27/h10H,1-9,11H2,(H2,23,28)(H,25,29). The molecule has 1 aromatic carbocycles. The van der Waals surface area contributed by atoms with Crippen LogP contribution in [0.3, 0.4) is 0 Å². The van der Waals surface area contributed by atoms with Gasteiger partial charge in [-0.3, -0.25) is 4.79 Å². The van der Waals surface area contributed by atoms with E-state index in [2.05, 4.69) is 14.8 Å². The quantitative estimate of drug-likeness (QED) is 0.722. The minimum atomic E-state index is -3.56. The van der Waals surface area contributed by atoms with Crippen molar-refractivity contribution in [2.75, 3.05) is 17.7 Å². The highest BCUT2D eigenvalue weighted by atomic mass is 32.2. The first-order valence-corrected chi connectivity index (χ1v) is 12.4. The number of rotatable bonds is 4. The first-order chi connectivity index (χ1) is 15.4. The molecular formula is C21H24FN5O4S. The van der Waals surface area contributed by atoms with Crippen molar-refractivity contribution >= 4 is 27.4 Å². The fraction of sp³-hybridized carbons (Fsp3) is 0.476. The number of hydrogen-bond donors (Lipinski definition) is 2. The second-order valence-electron chi connectivity index (χ2n) is 8.32. The molecule has 2 aliphatic carbocycles. The minimum absolute atomic E-state index is 0.0840. The van der Waals surface area contributed by atoms with E-state index in [1.165, 1.54) is 10.9 Å². The number of nitrogens with two attached hydrogens (primary N) is 1. The maximum Gasteiger partial charge on any atom is 0.353 e. The lowest BCUT2D eigenvalue weighted by molar-refractivity contribution is -0.115. The van der Waals surface area contributed by atoms with Gasteiger partial charge in [-0.2, -0.15) is 5.10 Å². The number of halogens is 1. The topological polar surface area (TPSA) is 129 Å². The summed E-state index contributed by atoms with van der Waals surface area (Å²) in [7, 11) is -3.56. The predicted octanol–water partition coefficient (Wildman–Crippen LogP) is 2.33. The molecule has 9 nitrogen and oxygen atoms in total. The Bertz CT molecular complexity index is 1230. The Morgan fingerprint density at radius 3 is 2.47 bits per heavy atom. The Hall–Kier alpha value is -2.95. The van der Waals surface area contributed by atoms with Gasteiger partial charge in [-0.15, -0.1) is 4.36 Å². The van der Waals surface area contributed by atoms with Crippen LogP contribution in [0.15, 0.2) is 15.5 Å². The van der Waals surface area contributed by atoms with E-state index in [4.69, 9.17) is 10.5 Å². The summed E-state index contributed by atoms with van der Waals surface area (Å²) >= 11 is 0. The van der Waals surface area contributed by atoms with Crippen molar-refractivity contribution in [3.8, 4) is 5.88 Å². The number of nitrogens with one attached hydrogen (secondary N) is 1. The molecule has 0 spiro atoms. The van der Waals surface area contributed by atoms with Crippen LogP contribution >= 0.6 is 0 Å². The van der Waals surface area contributed by atoms with Gasteiger partial charge in [-0.1, -0.05) is 0 Å². The van der Waals surface area contributed by atoms with E-state index in [0.29, 0.717) is 55.6 Å². The average Bonchev–Trinajstić information content (AvgIpc) is 3.49. The number of primary amides is 1. The highest BCUT2D eigenvalue weighted by Crippen LogP contribution is 2.41. The van der Waals surface area contributed by atoms with Crippen LogP contribution in [0.25, 0.3) is 0 Å². The van der Waals surface area contributed by atoms with Crippen LogP contribution in [-0.2, 0) is 46.8 Å². The van der Waals surface area contributed by atoms with Crippen molar-refractivity contribution in [1.29, 1.82) is 0 Å². The van der Waals surface area contributed by atoms with E-state index in [9.17, 15) is 18.2 Å². The molecule has 1 aliphatic heterocycles. The molecule has 3 amide bonds. The van der Waals surface area contributed by atoms with Crippen molar-refractivity contribution in [2.24, 2.45) is 10.1 Å². The van der Waals surface area contributed by atoms with Gasteiger partial charge in [0.2, 0.25) is 11.8 Å². The summed E-state index contributed by atoms with van der Waals surface area (Å²) in [5.41, 5.74) is 8.80. The highest BCUT2D eigenvalue weighted by Gasteiger charge is 2.31. The molecule has 0 saturated heterocycles. The van der Waals surface area contributed by atoms with Gasteiger partial charge in [0.15, 0.2) is 0 Å². The maximum absolute atomic E-state index is 14.9. The van der Waals surface area contributed by atoms with E-state index in [1.54, 1.807) is 0 Å². The van der Waals surface area contributed by atoms with Crippen LogP contribution in [0, 0.1) is 5.82 Å². The number of hydrogen-bond acceptors (Lipinski definition) is 5. The number of aryl methyl sites for hydroxylation is 1. The van der Waals surface area contributed by atoms with Crippen LogP contribution in [-0.4, -0.2) is 38.3 Å². The molecule has 1 atom stereocenters. The summed E-state index contributed by atoms with van der Waals surface area (Å²) in [4.78, 5) is 24.8. The zero-order valence-electron chi connectivity index (χ0n) is 17.5. The fourth-order valence-electron chi connectivity index (χ4n) is 4.92. The molecule has 3 aliphatic rings. The molecule has 32 heavy (non-hydrogen) atoms. The lowest BCUT2D eigenvalue weighted by Gasteiger charge is -2.18. The third-order valence-electron chi connectivity index (χ3n) is 6.23. The minimum Gasteiger partial charge on any atom is -0.477 e. The van der Waals surface area contributed by atoms with E-state index in [1.807, 2.05) is 0 Å².